The zero-order valence-electron chi connectivity index (χ0n) is 12.5. The Labute approximate surface area is 128 Å². The van der Waals surface area contributed by atoms with Crippen LogP contribution in [0, 0.1) is 12.7 Å². The van der Waals surface area contributed by atoms with Gasteiger partial charge in [0.2, 0.25) is 0 Å². The van der Waals surface area contributed by atoms with Crippen molar-refractivity contribution in [2.75, 3.05) is 13.7 Å². The van der Waals surface area contributed by atoms with Crippen molar-refractivity contribution in [3.05, 3.63) is 65.0 Å². The Balaban J connectivity index is 1.99. The predicted molar refractivity (Wildman–Crippen MR) is 81.4 cm³/mol. The van der Waals surface area contributed by atoms with Gasteiger partial charge in [-0.25, -0.2) is 4.39 Å². The van der Waals surface area contributed by atoms with E-state index >= 15 is 0 Å². The first-order chi connectivity index (χ1) is 10.5. The quantitative estimate of drug-likeness (QED) is 0.892. The molecule has 0 fully saturated rings. The van der Waals surface area contributed by atoms with Gasteiger partial charge in [0.1, 0.15) is 11.6 Å². The van der Waals surface area contributed by atoms with Crippen LogP contribution in [0.5, 0.6) is 5.75 Å². The topological polar surface area (TPSA) is 58.6 Å². The monoisotopic (exact) mass is 303 g/mol. The lowest BCUT2D eigenvalue weighted by molar-refractivity contribution is 0.0916. The van der Waals surface area contributed by atoms with Crippen LogP contribution in [0.1, 0.15) is 27.6 Å². The molecule has 0 aliphatic heterocycles. The molecular formula is C17H18FNO3. The lowest BCUT2D eigenvalue weighted by Crippen LogP contribution is -2.28. The number of carbonyl (C=O) groups is 1. The maximum Gasteiger partial charge on any atom is 0.251 e. The van der Waals surface area contributed by atoms with E-state index in [1.54, 1.807) is 50.4 Å². The van der Waals surface area contributed by atoms with Crippen LogP contribution in [-0.2, 0) is 0 Å². The molecule has 2 aromatic carbocycles. The Morgan fingerprint density at radius 2 is 2.09 bits per heavy atom. The normalized spacial score (nSPS) is 11.8. The summed E-state index contributed by atoms with van der Waals surface area (Å²) in [5.74, 6) is -0.231. The van der Waals surface area contributed by atoms with E-state index in [0.717, 1.165) is 0 Å². The van der Waals surface area contributed by atoms with E-state index < -0.39 is 17.8 Å². The van der Waals surface area contributed by atoms with Crippen LogP contribution in [0.2, 0.25) is 0 Å². The van der Waals surface area contributed by atoms with Crippen molar-refractivity contribution in [2.24, 2.45) is 0 Å². The molecule has 0 heterocycles. The van der Waals surface area contributed by atoms with Crippen LogP contribution in [-0.4, -0.2) is 24.7 Å². The van der Waals surface area contributed by atoms with Crippen LogP contribution >= 0.6 is 0 Å². The third-order valence-electron chi connectivity index (χ3n) is 3.37. The van der Waals surface area contributed by atoms with E-state index in [1.807, 2.05) is 0 Å². The van der Waals surface area contributed by atoms with Gasteiger partial charge in [0.25, 0.3) is 5.91 Å². The molecule has 2 N–H and O–H groups in total. The van der Waals surface area contributed by atoms with Crippen molar-refractivity contribution in [3.8, 4) is 5.75 Å². The van der Waals surface area contributed by atoms with Crippen LogP contribution < -0.4 is 10.1 Å². The Morgan fingerprint density at radius 1 is 1.32 bits per heavy atom. The number of carbonyl (C=O) groups excluding carboxylic acids is 1. The second-order valence-corrected chi connectivity index (χ2v) is 4.97. The second-order valence-electron chi connectivity index (χ2n) is 4.97. The minimum absolute atomic E-state index is 0.0293. The molecule has 0 aromatic heterocycles. The number of halogens is 1. The summed E-state index contributed by atoms with van der Waals surface area (Å²) in [6.07, 6.45) is -0.866. The Kier molecular flexibility index (Phi) is 5.12. The molecule has 0 saturated carbocycles. The lowest BCUT2D eigenvalue weighted by atomic mass is 10.1. The van der Waals surface area contributed by atoms with Crippen LogP contribution in [0.25, 0.3) is 0 Å². The van der Waals surface area contributed by atoms with Crippen molar-refractivity contribution >= 4 is 5.91 Å². The van der Waals surface area contributed by atoms with Gasteiger partial charge in [0.05, 0.1) is 13.2 Å². The van der Waals surface area contributed by atoms with E-state index in [2.05, 4.69) is 5.32 Å². The van der Waals surface area contributed by atoms with Gasteiger partial charge in [-0.1, -0.05) is 18.2 Å². The highest BCUT2D eigenvalue weighted by Gasteiger charge is 2.12. The molecule has 0 bridgehead atoms. The summed E-state index contributed by atoms with van der Waals surface area (Å²) in [5.41, 5.74) is 1.34. The number of aliphatic hydroxyl groups is 1. The second kappa shape index (κ2) is 7.04. The first-order valence-electron chi connectivity index (χ1n) is 6.87. The highest BCUT2D eigenvalue weighted by molar-refractivity contribution is 5.94. The first-order valence-corrected chi connectivity index (χ1v) is 6.87. The molecule has 0 aliphatic rings. The molecule has 116 valence electrons. The van der Waals surface area contributed by atoms with Gasteiger partial charge in [0, 0.05) is 12.1 Å². The van der Waals surface area contributed by atoms with E-state index in [4.69, 9.17) is 4.74 Å². The molecule has 22 heavy (non-hydrogen) atoms. The van der Waals surface area contributed by atoms with E-state index in [0.29, 0.717) is 16.9 Å². The number of nitrogens with one attached hydrogen (secondary N) is 1. The van der Waals surface area contributed by atoms with Gasteiger partial charge in [-0.15, -0.1) is 0 Å². The van der Waals surface area contributed by atoms with Gasteiger partial charge in [-0.2, -0.15) is 0 Å². The summed E-state index contributed by atoms with van der Waals surface area (Å²) in [6, 6.07) is 11.2. The average molecular weight is 303 g/mol. The number of hydrogen-bond acceptors (Lipinski definition) is 3. The van der Waals surface area contributed by atoms with E-state index in [1.165, 1.54) is 6.07 Å². The fraction of sp³-hybridized carbons (Fsp3) is 0.235. The molecule has 2 rings (SSSR count). The average Bonchev–Trinajstić information content (AvgIpc) is 2.54. The maximum atomic E-state index is 13.4. The van der Waals surface area contributed by atoms with Gasteiger partial charge in [0.15, 0.2) is 0 Å². The summed E-state index contributed by atoms with van der Waals surface area (Å²) >= 11 is 0. The summed E-state index contributed by atoms with van der Waals surface area (Å²) < 4.78 is 18.5. The van der Waals surface area contributed by atoms with Crippen molar-refractivity contribution < 1.29 is 19.0 Å². The van der Waals surface area contributed by atoms with Gasteiger partial charge in [-0.05, 0) is 42.3 Å². The molecule has 0 saturated heterocycles. The molecular weight excluding hydrogens is 285 g/mol. The fourth-order valence-electron chi connectivity index (χ4n) is 1.99. The number of aryl methyl sites for hydroxylation is 1. The van der Waals surface area contributed by atoms with E-state index in [9.17, 15) is 14.3 Å². The molecule has 4 nitrogen and oxygen atoms in total. The van der Waals surface area contributed by atoms with Crippen molar-refractivity contribution in [1.29, 1.82) is 0 Å². The molecule has 5 heteroatoms. The van der Waals surface area contributed by atoms with Crippen molar-refractivity contribution in [3.63, 3.8) is 0 Å². The fourth-order valence-corrected chi connectivity index (χ4v) is 1.99. The third-order valence-corrected chi connectivity index (χ3v) is 3.37. The number of ether oxygens (including phenoxy) is 1. The molecule has 0 radical (unpaired) electrons. The number of benzene rings is 2. The Bertz CT molecular complexity index is 673. The van der Waals surface area contributed by atoms with E-state index in [-0.39, 0.29) is 12.1 Å². The zero-order chi connectivity index (χ0) is 16.1. The summed E-state index contributed by atoms with van der Waals surface area (Å²) in [4.78, 5) is 12.0. The number of hydrogen-bond donors (Lipinski definition) is 2. The number of rotatable bonds is 5. The molecule has 2 aromatic rings. The van der Waals surface area contributed by atoms with Crippen LogP contribution in [0.4, 0.5) is 4.39 Å². The highest BCUT2D eigenvalue weighted by atomic mass is 19.1. The third kappa shape index (κ3) is 3.83. The minimum atomic E-state index is -0.866. The van der Waals surface area contributed by atoms with Crippen molar-refractivity contribution in [2.45, 2.75) is 13.0 Å². The number of amides is 1. The van der Waals surface area contributed by atoms with Gasteiger partial charge >= 0.3 is 0 Å². The number of aliphatic hydroxyl groups excluding tert-OH is 1. The largest absolute Gasteiger partial charge is 0.497 e. The minimum Gasteiger partial charge on any atom is -0.497 e. The van der Waals surface area contributed by atoms with Gasteiger partial charge < -0.3 is 15.2 Å². The Hall–Kier alpha value is -2.40. The molecule has 1 atom stereocenters. The Morgan fingerprint density at radius 3 is 2.77 bits per heavy atom. The maximum absolute atomic E-state index is 13.4. The predicted octanol–water partition coefficient (Wildman–Crippen LogP) is 2.61. The summed E-state index contributed by atoms with van der Waals surface area (Å²) in [6.45, 7) is 1.66. The molecule has 0 aliphatic carbocycles. The molecule has 1 amide bonds. The van der Waals surface area contributed by atoms with Gasteiger partial charge in [-0.3, -0.25) is 4.79 Å². The smallest absolute Gasteiger partial charge is 0.251 e. The van der Waals surface area contributed by atoms with Crippen molar-refractivity contribution in [1.82, 2.24) is 5.32 Å². The highest BCUT2D eigenvalue weighted by Crippen LogP contribution is 2.18. The summed E-state index contributed by atoms with van der Waals surface area (Å²) in [7, 11) is 1.54. The number of methoxy groups -OCH3 is 1. The first kappa shape index (κ1) is 16.0. The molecule has 1 unspecified atom stereocenters. The van der Waals surface area contributed by atoms with Crippen LogP contribution in [0.15, 0.2) is 42.5 Å². The zero-order valence-corrected chi connectivity index (χ0v) is 12.5. The molecule has 0 spiro atoms. The van der Waals surface area contributed by atoms with Crippen LogP contribution in [0.3, 0.4) is 0 Å². The standard InChI is InChI=1S/C17H18FNO3/c1-11-6-7-13(9-15(11)18)17(21)19-10-16(20)12-4-3-5-14(8-12)22-2/h3-9,16,20H,10H2,1-2H3,(H,19,21). The SMILES string of the molecule is COc1cccc(C(O)CNC(=O)c2ccc(C)c(F)c2)c1. The lowest BCUT2D eigenvalue weighted by Gasteiger charge is -2.13. The summed E-state index contributed by atoms with van der Waals surface area (Å²) in [5, 5.41) is 12.7.